The van der Waals surface area contributed by atoms with Crippen LogP contribution in [0.25, 0.3) is 0 Å². The quantitative estimate of drug-likeness (QED) is 0.125. The van der Waals surface area contributed by atoms with Crippen LogP contribution in [0.4, 0.5) is 22.7 Å². The zero-order valence-electron chi connectivity index (χ0n) is 28.3. The van der Waals surface area contributed by atoms with E-state index in [1.54, 1.807) is 12.1 Å². The van der Waals surface area contributed by atoms with E-state index in [1.807, 2.05) is 36.4 Å². The number of fused-ring (bicyclic) bond motifs is 8. The van der Waals surface area contributed by atoms with Crippen LogP contribution in [0.15, 0.2) is 89.1 Å². The summed E-state index contributed by atoms with van der Waals surface area (Å²) >= 11 is 0. The zero-order chi connectivity index (χ0) is 36.0. The molecule has 0 spiro atoms. The number of aryl methyl sites for hydroxylation is 2. The molecule has 52 heavy (non-hydrogen) atoms. The molecule has 0 radical (unpaired) electrons. The summed E-state index contributed by atoms with van der Waals surface area (Å²) in [6, 6.07) is 22.6. The molecule has 0 aromatic heterocycles. The van der Waals surface area contributed by atoms with Crippen molar-refractivity contribution in [2.45, 2.75) is 63.3 Å². The van der Waals surface area contributed by atoms with Gasteiger partial charge in [0.25, 0.3) is 5.69 Å². The van der Waals surface area contributed by atoms with Gasteiger partial charge in [-0.1, -0.05) is 48.5 Å². The van der Waals surface area contributed by atoms with Crippen LogP contribution in [-0.2, 0) is 49.7 Å². The summed E-state index contributed by atoms with van der Waals surface area (Å²) in [5.41, 5.74) is 4.42. The number of nitrogens with zero attached hydrogens (tertiary/aromatic N) is 4. The lowest BCUT2D eigenvalue weighted by Gasteiger charge is -2.34. The normalized spacial score (nSPS) is 22.5. The lowest BCUT2D eigenvalue weighted by atomic mass is 9.87. The minimum Gasteiger partial charge on any atom is -0.507 e. The van der Waals surface area contributed by atoms with Crippen LogP contribution < -0.4 is 0 Å². The molecule has 0 saturated heterocycles. The van der Waals surface area contributed by atoms with Crippen molar-refractivity contribution in [3.05, 3.63) is 132 Å². The van der Waals surface area contributed by atoms with E-state index < -0.39 is 21.2 Å². The van der Waals surface area contributed by atoms with E-state index in [0.29, 0.717) is 50.4 Å². The van der Waals surface area contributed by atoms with Gasteiger partial charge in [0.15, 0.2) is 5.69 Å². The number of phenols is 1. The van der Waals surface area contributed by atoms with Crippen LogP contribution in [0.1, 0.15) is 58.4 Å². The van der Waals surface area contributed by atoms with Crippen molar-refractivity contribution in [2.75, 3.05) is 26.4 Å². The highest BCUT2D eigenvalue weighted by Gasteiger charge is 2.33. The minimum absolute atomic E-state index is 0.00556. The van der Waals surface area contributed by atoms with Crippen LogP contribution >= 0.6 is 0 Å². The Morgan fingerprint density at radius 3 is 1.73 bits per heavy atom. The number of rotatable bonds is 4. The number of aromatic hydroxyl groups is 1. The Morgan fingerprint density at radius 2 is 1.19 bits per heavy atom. The Bertz CT molecular complexity index is 1880. The predicted molar refractivity (Wildman–Crippen MR) is 187 cm³/mol. The summed E-state index contributed by atoms with van der Waals surface area (Å²) in [5, 5.41) is 42.9. The lowest BCUT2D eigenvalue weighted by Crippen LogP contribution is -2.32. The topological polar surface area (TPSA) is 177 Å². The highest BCUT2D eigenvalue weighted by Crippen LogP contribution is 2.40. The Hall–Kier alpha value is -5.12. The van der Waals surface area contributed by atoms with Crippen molar-refractivity contribution < 1.29 is 38.6 Å². The van der Waals surface area contributed by atoms with E-state index in [2.05, 4.69) is 22.4 Å². The molecule has 4 aromatic rings. The number of benzene rings is 4. The standard InChI is InChI=1S/C38H38N4O10/c43-36-26-19-28(39-40-32-12-11-29(41(44)45)21-33(32)42(46)47)20-27(36)23-52-35-14-10-25-6-2-4-8-31(25)38(35)50-18-16-48-15-17-49-37-30-7-3-1-5-24(30)9-13-34(37)51-22-26/h1-8,11-12,19-21,34-35,37-38,43H,9-10,13-18,22-23H2/t34-,35-,37+,38+/m0/s1. The van der Waals surface area contributed by atoms with Crippen LogP contribution in [-0.4, -0.2) is 53.6 Å². The predicted octanol–water partition coefficient (Wildman–Crippen LogP) is 7.83. The van der Waals surface area contributed by atoms with Gasteiger partial charge in [0.1, 0.15) is 18.0 Å². The maximum absolute atomic E-state index is 11.7. The summed E-state index contributed by atoms with van der Waals surface area (Å²) in [4.78, 5) is 21.5. The number of azo groups is 1. The number of phenolic OH excluding ortho intramolecular Hbond substituents is 1. The highest BCUT2D eigenvalue weighted by atomic mass is 16.6. The molecule has 1 heterocycles. The van der Waals surface area contributed by atoms with E-state index in [9.17, 15) is 25.3 Å². The van der Waals surface area contributed by atoms with E-state index in [0.717, 1.165) is 36.1 Å². The largest absolute Gasteiger partial charge is 0.507 e. The molecule has 1 aliphatic heterocycles. The minimum atomic E-state index is -0.747. The maximum Gasteiger partial charge on any atom is 0.303 e. The van der Waals surface area contributed by atoms with Gasteiger partial charge in [-0.05, 0) is 66.1 Å². The molecule has 4 aromatic carbocycles. The molecule has 0 amide bonds. The van der Waals surface area contributed by atoms with Crippen molar-refractivity contribution in [1.29, 1.82) is 0 Å². The van der Waals surface area contributed by atoms with Gasteiger partial charge in [-0.25, -0.2) is 0 Å². The van der Waals surface area contributed by atoms with Crippen LogP contribution in [0.3, 0.4) is 0 Å². The van der Waals surface area contributed by atoms with Crippen LogP contribution in [0.5, 0.6) is 5.75 Å². The average Bonchev–Trinajstić information content (AvgIpc) is 3.16. The van der Waals surface area contributed by atoms with Gasteiger partial charge < -0.3 is 28.8 Å². The Morgan fingerprint density at radius 1 is 0.635 bits per heavy atom. The van der Waals surface area contributed by atoms with Crippen molar-refractivity contribution >= 4 is 22.7 Å². The third-order valence-corrected chi connectivity index (χ3v) is 9.64. The van der Waals surface area contributed by atoms with Crippen LogP contribution in [0.2, 0.25) is 0 Å². The first kappa shape index (κ1) is 35.3. The summed E-state index contributed by atoms with van der Waals surface area (Å²) in [6.45, 7) is 1.45. The highest BCUT2D eigenvalue weighted by molar-refractivity contribution is 5.62. The molecule has 270 valence electrons. The second kappa shape index (κ2) is 16.0. The smallest absolute Gasteiger partial charge is 0.303 e. The molecule has 14 nitrogen and oxygen atoms in total. The van der Waals surface area contributed by atoms with Crippen molar-refractivity contribution in [3.8, 4) is 5.75 Å². The van der Waals surface area contributed by atoms with E-state index in [1.165, 1.54) is 17.2 Å². The molecule has 2 bridgehead atoms. The molecule has 0 saturated carbocycles. The van der Waals surface area contributed by atoms with Crippen LogP contribution in [0, 0.1) is 20.2 Å². The fraction of sp³-hybridized carbons (Fsp3) is 0.368. The molecular formula is C38H38N4O10. The van der Waals surface area contributed by atoms with E-state index >= 15 is 0 Å². The molecule has 3 aliphatic rings. The van der Waals surface area contributed by atoms with E-state index in [4.69, 9.17) is 23.7 Å². The van der Waals surface area contributed by atoms with Crippen molar-refractivity contribution in [1.82, 2.24) is 0 Å². The molecule has 0 fully saturated rings. The first-order valence-corrected chi connectivity index (χ1v) is 17.2. The molecule has 2 aliphatic carbocycles. The van der Waals surface area contributed by atoms with Gasteiger partial charge in [-0.3, -0.25) is 20.2 Å². The number of nitro groups is 2. The lowest BCUT2D eigenvalue weighted by molar-refractivity contribution is -0.393. The third kappa shape index (κ3) is 7.86. The fourth-order valence-corrected chi connectivity index (χ4v) is 7.06. The first-order valence-electron chi connectivity index (χ1n) is 17.2. The van der Waals surface area contributed by atoms with Gasteiger partial charge in [0.2, 0.25) is 0 Å². The van der Waals surface area contributed by atoms with Crippen molar-refractivity contribution in [2.24, 2.45) is 10.2 Å². The first-order chi connectivity index (χ1) is 25.4. The molecule has 1 N–H and O–H groups in total. The number of ether oxygens (including phenoxy) is 5. The van der Waals surface area contributed by atoms with Gasteiger partial charge in [0, 0.05) is 17.2 Å². The molecule has 0 unspecified atom stereocenters. The molecule has 14 heteroatoms. The number of nitro benzene ring substituents is 2. The summed E-state index contributed by atoms with van der Waals surface area (Å²) in [5.74, 6) is -0.0304. The number of non-ortho nitro benzene ring substituents is 1. The van der Waals surface area contributed by atoms with Crippen molar-refractivity contribution in [3.63, 3.8) is 0 Å². The third-order valence-electron chi connectivity index (χ3n) is 9.64. The second-order valence-corrected chi connectivity index (χ2v) is 12.9. The molecule has 7 rings (SSSR count). The summed E-state index contributed by atoms with van der Waals surface area (Å²) in [7, 11) is 0. The summed E-state index contributed by atoms with van der Waals surface area (Å²) < 4.78 is 31.7. The monoisotopic (exact) mass is 710 g/mol. The SMILES string of the molecule is O=[N+]([O-])c1ccc(N=Nc2cc3c(O)c(c2)CO[C@H]2CCc4ccccc4[C@H]2OCCOCCO[C@@H]2c4ccccc4CC[C@@H]2OC3)c([N+](=O)[O-])c1. The maximum atomic E-state index is 11.7. The number of hydrogen-bond acceptors (Lipinski definition) is 12. The fourth-order valence-electron chi connectivity index (χ4n) is 7.06. The second-order valence-electron chi connectivity index (χ2n) is 12.9. The van der Waals surface area contributed by atoms with Gasteiger partial charge in [-0.2, -0.15) is 5.11 Å². The molecular weight excluding hydrogens is 672 g/mol. The Kier molecular flexibility index (Phi) is 10.9. The molecule has 4 atom stereocenters. The van der Waals surface area contributed by atoms with Gasteiger partial charge in [-0.15, -0.1) is 5.11 Å². The number of hydrogen-bond donors (Lipinski definition) is 1. The van der Waals surface area contributed by atoms with Gasteiger partial charge >= 0.3 is 5.69 Å². The Balaban J connectivity index is 1.22. The zero-order valence-corrected chi connectivity index (χ0v) is 28.3. The van der Waals surface area contributed by atoms with E-state index in [-0.39, 0.29) is 54.8 Å². The van der Waals surface area contributed by atoms with Gasteiger partial charge in [0.05, 0.1) is 73.4 Å². The average molecular weight is 711 g/mol. The Labute approximate surface area is 299 Å². The summed E-state index contributed by atoms with van der Waals surface area (Å²) in [6.07, 6.45) is 1.61.